The Bertz CT molecular complexity index is 220. The summed E-state index contributed by atoms with van der Waals surface area (Å²) in [6, 6.07) is 0.395. The van der Waals surface area contributed by atoms with E-state index in [0.29, 0.717) is 18.5 Å². The largest absolute Gasteiger partial charge is 0.353 e. The molecule has 1 unspecified atom stereocenters. The van der Waals surface area contributed by atoms with Crippen molar-refractivity contribution >= 4 is 5.91 Å². The van der Waals surface area contributed by atoms with Gasteiger partial charge in [0.25, 0.3) is 0 Å². The average Bonchev–Trinajstić information content (AvgIpc) is 2.54. The third-order valence-corrected chi connectivity index (χ3v) is 3.61. The minimum absolute atomic E-state index is 0.00162. The number of rotatable bonds is 5. The fourth-order valence-corrected chi connectivity index (χ4v) is 2.62. The molecule has 3 N–H and O–H groups in total. The molecule has 1 aliphatic carbocycles. The van der Waals surface area contributed by atoms with Crippen LogP contribution in [0.1, 0.15) is 58.8 Å². The van der Waals surface area contributed by atoms with Crippen molar-refractivity contribution in [1.82, 2.24) is 5.32 Å². The van der Waals surface area contributed by atoms with Gasteiger partial charge >= 0.3 is 0 Å². The lowest BCUT2D eigenvalue weighted by molar-refractivity contribution is -0.126. The zero-order chi connectivity index (χ0) is 12.7. The number of carbonyl (C=O) groups is 1. The van der Waals surface area contributed by atoms with Gasteiger partial charge in [-0.05, 0) is 25.2 Å². The fraction of sp³-hybridized carbons (Fsp3) is 0.929. The third-order valence-electron chi connectivity index (χ3n) is 3.61. The quantitative estimate of drug-likeness (QED) is 0.725. The average molecular weight is 240 g/mol. The fourth-order valence-electron chi connectivity index (χ4n) is 2.62. The van der Waals surface area contributed by atoms with Gasteiger partial charge in [-0.1, -0.05) is 39.5 Å². The Balaban J connectivity index is 2.39. The molecule has 0 bridgehead atoms. The molecule has 0 radical (unpaired) electrons. The molecule has 3 nitrogen and oxygen atoms in total. The first-order chi connectivity index (χ1) is 8.13. The van der Waals surface area contributed by atoms with E-state index in [-0.39, 0.29) is 11.8 Å². The topological polar surface area (TPSA) is 55.1 Å². The molecule has 0 aromatic rings. The first kappa shape index (κ1) is 14.5. The molecule has 1 fully saturated rings. The summed E-state index contributed by atoms with van der Waals surface area (Å²) in [4.78, 5) is 12.1. The molecule has 1 aliphatic rings. The summed E-state index contributed by atoms with van der Waals surface area (Å²) in [5.41, 5.74) is 5.70. The summed E-state index contributed by atoms with van der Waals surface area (Å²) in [7, 11) is 0. The van der Waals surface area contributed by atoms with Crippen LogP contribution in [0, 0.1) is 11.8 Å². The maximum Gasteiger partial charge on any atom is 0.224 e. The molecule has 0 heterocycles. The van der Waals surface area contributed by atoms with Gasteiger partial charge < -0.3 is 11.1 Å². The number of nitrogens with two attached hydrogens (primary N) is 1. The second-order valence-electron chi connectivity index (χ2n) is 5.76. The van der Waals surface area contributed by atoms with Crippen molar-refractivity contribution in [2.45, 2.75) is 64.8 Å². The van der Waals surface area contributed by atoms with Crippen LogP contribution in [0.3, 0.4) is 0 Å². The van der Waals surface area contributed by atoms with Gasteiger partial charge in [0.05, 0.1) is 5.92 Å². The molecule has 0 aromatic carbocycles. The zero-order valence-corrected chi connectivity index (χ0v) is 11.4. The number of hydrogen-bond acceptors (Lipinski definition) is 2. The van der Waals surface area contributed by atoms with Gasteiger partial charge in [-0.15, -0.1) is 0 Å². The van der Waals surface area contributed by atoms with Crippen molar-refractivity contribution < 1.29 is 4.79 Å². The summed E-state index contributed by atoms with van der Waals surface area (Å²) >= 11 is 0. The van der Waals surface area contributed by atoms with Gasteiger partial charge in [-0.3, -0.25) is 4.79 Å². The monoisotopic (exact) mass is 240 g/mol. The van der Waals surface area contributed by atoms with Crippen LogP contribution in [0.5, 0.6) is 0 Å². The minimum atomic E-state index is -0.00162. The molecule has 1 saturated carbocycles. The first-order valence-electron chi connectivity index (χ1n) is 7.14. The van der Waals surface area contributed by atoms with Crippen molar-refractivity contribution in [2.24, 2.45) is 17.6 Å². The highest BCUT2D eigenvalue weighted by molar-refractivity contribution is 5.79. The van der Waals surface area contributed by atoms with Crippen LogP contribution in [0.4, 0.5) is 0 Å². The number of hydrogen-bond donors (Lipinski definition) is 2. The molecular weight excluding hydrogens is 212 g/mol. The molecule has 1 atom stereocenters. The molecule has 0 saturated heterocycles. The lowest BCUT2D eigenvalue weighted by Crippen LogP contribution is -2.41. The van der Waals surface area contributed by atoms with Crippen molar-refractivity contribution in [2.75, 3.05) is 6.54 Å². The Morgan fingerprint density at radius 2 is 1.82 bits per heavy atom. The third kappa shape index (κ3) is 5.53. The van der Waals surface area contributed by atoms with E-state index in [9.17, 15) is 4.79 Å². The standard InChI is InChI=1S/C14H28N2O/c1-11(2)9-12(10-15)14(17)16-13-7-5-3-4-6-8-13/h11-13H,3-10,15H2,1-2H3,(H,16,17). The van der Waals surface area contributed by atoms with Crippen LogP contribution in [-0.2, 0) is 4.79 Å². The van der Waals surface area contributed by atoms with Crippen molar-refractivity contribution in [3.63, 3.8) is 0 Å². The number of amides is 1. The number of nitrogens with one attached hydrogen (secondary N) is 1. The molecule has 1 rings (SSSR count). The molecule has 3 heteroatoms. The van der Waals surface area contributed by atoms with E-state index in [1.54, 1.807) is 0 Å². The van der Waals surface area contributed by atoms with Gasteiger partial charge in [0.2, 0.25) is 5.91 Å². The minimum Gasteiger partial charge on any atom is -0.353 e. The smallest absolute Gasteiger partial charge is 0.224 e. The Morgan fingerprint density at radius 3 is 2.29 bits per heavy atom. The van der Waals surface area contributed by atoms with E-state index in [1.165, 1.54) is 25.7 Å². The summed E-state index contributed by atoms with van der Waals surface area (Å²) in [5, 5.41) is 3.20. The molecule has 1 amide bonds. The van der Waals surface area contributed by atoms with Crippen LogP contribution < -0.4 is 11.1 Å². The SMILES string of the molecule is CC(C)CC(CN)C(=O)NC1CCCCCC1. The Labute approximate surface area is 106 Å². The van der Waals surface area contributed by atoms with E-state index in [4.69, 9.17) is 5.73 Å². The van der Waals surface area contributed by atoms with Crippen LogP contribution >= 0.6 is 0 Å². The summed E-state index contributed by atoms with van der Waals surface area (Å²) in [6.07, 6.45) is 8.33. The van der Waals surface area contributed by atoms with E-state index in [2.05, 4.69) is 19.2 Å². The zero-order valence-electron chi connectivity index (χ0n) is 11.4. The van der Waals surface area contributed by atoms with Crippen molar-refractivity contribution in [1.29, 1.82) is 0 Å². The predicted molar refractivity (Wildman–Crippen MR) is 71.6 cm³/mol. The second-order valence-corrected chi connectivity index (χ2v) is 5.76. The molecular formula is C14H28N2O. The molecule has 100 valence electrons. The summed E-state index contributed by atoms with van der Waals surface area (Å²) in [5.74, 6) is 0.704. The molecule has 0 aliphatic heterocycles. The molecule has 17 heavy (non-hydrogen) atoms. The van der Waals surface area contributed by atoms with E-state index < -0.39 is 0 Å². The lowest BCUT2D eigenvalue weighted by atomic mass is 9.95. The van der Waals surface area contributed by atoms with Crippen molar-refractivity contribution in [3.8, 4) is 0 Å². The van der Waals surface area contributed by atoms with Gasteiger partial charge in [0, 0.05) is 12.6 Å². The first-order valence-corrected chi connectivity index (χ1v) is 7.14. The highest BCUT2D eigenvalue weighted by atomic mass is 16.1. The van der Waals surface area contributed by atoms with Crippen LogP contribution in [0.25, 0.3) is 0 Å². The maximum absolute atomic E-state index is 12.1. The van der Waals surface area contributed by atoms with Crippen LogP contribution in [-0.4, -0.2) is 18.5 Å². The van der Waals surface area contributed by atoms with Gasteiger partial charge in [-0.25, -0.2) is 0 Å². The van der Waals surface area contributed by atoms with Crippen LogP contribution in [0.15, 0.2) is 0 Å². The molecule has 0 aromatic heterocycles. The number of carbonyl (C=O) groups excluding carboxylic acids is 1. The predicted octanol–water partition coefficient (Wildman–Crippen LogP) is 2.45. The van der Waals surface area contributed by atoms with Gasteiger partial charge in [-0.2, -0.15) is 0 Å². The van der Waals surface area contributed by atoms with Gasteiger partial charge in [0.15, 0.2) is 0 Å². The van der Waals surface area contributed by atoms with E-state index in [1.807, 2.05) is 0 Å². The highest BCUT2D eigenvalue weighted by Crippen LogP contribution is 2.18. The summed E-state index contributed by atoms with van der Waals surface area (Å²) in [6.45, 7) is 4.75. The maximum atomic E-state index is 12.1. The Kier molecular flexibility index (Phi) is 6.56. The van der Waals surface area contributed by atoms with Gasteiger partial charge in [0.1, 0.15) is 0 Å². The Hall–Kier alpha value is -0.570. The van der Waals surface area contributed by atoms with E-state index >= 15 is 0 Å². The van der Waals surface area contributed by atoms with Crippen LogP contribution in [0.2, 0.25) is 0 Å². The molecule has 0 spiro atoms. The lowest BCUT2D eigenvalue weighted by Gasteiger charge is -2.21. The second kappa shape index (κ2) is 7.70. The van der Waals surface area contributed by atoms with Crippen molar-refractivity contribution in [3.05, 3.63) is 0 Å². The highest BCUT2D eigenvalue weighted by Gasteiger charge is 2.21. The summed E-state index contributed by atoms with van der Waals surface area (Å²) < 4.78 is 0. The normalized spacial score (nSPS) is 20.0. The Morgan fingerprint density at radius 1 is 1.24 bits per heavy atom. The van der Waals surface area contributed by atoms with E-state index in [0.717, 1.165) is 19.3 Å².